The molecule has 32 heavy (non-hydrogen) atoms. The van der Waals surface area contributed by atoms with Crippen molar-refractivity contribution >= 4 is 39.9 Å². The molecule has 2 aliphatic rings. The van der Waals surface area contributed by atoms with Crippen molar-refractivity contribution in [1.29, 1.82) is 0 Å². The number of hydrogen-bond donors (Lipinski definition) is 2. The minimum Gasteiger partial charge on any atom is -0.454 e. The lowest BCUT2D eigenvalue weighted by Gasteiger charge is -2.18. The first-order valence-electron chi connectivity index (χ1n) is 10.1. The van der Waals surface area contributed by atoms with Crippen LogP contribution in [-0.2, 0) is 17.6 Å². The van der Waals surface area contributed by atoms with Crippen LogP contribution in [0.1, 0.15) is 34.1 Å². The van der Waals surface area contributed by atoms with Gasteiger partial charge in [0.25, 0.3) is 11.1 Å². The maximum atomic E-state index is 12.5. The molecule has 9 nitrogen and oxygen atoms in total. The lowest BCUT2D eigenvalue weighted by molar-refractivity contribution is -0.113. The number of fused-ring (bicyclic) bond motifs is 2. The van der Waals surface area contributed by atoms with Crippen LogP contribution in [0, 0.1) is 5.92 Å². The second kappa shape index (κ2) is 8.47. The standard InChI is InChI=1S/C21H20N4O5S2/c1-10-2-4-12-15(6-10)32-20(17(12)18(22)27)23-16(26)8-31-21-25-24-19(30-21)11-3-5-13-14(7-11)29-9-28-13/h3,5,7,10H,2,4,6,8-9H2,1H3,(H2,22,27)(H,23,26)/t10-/m1/s1. The van der Waals surface area contributed by atoms with Crippen LogP contribution in [0.4, 0.5) is 5.00 Å². The summed E-state index contributed by atoms with van der Waals surface area (Å²) in [6.07, 6.45) is 2.71. The molecule has 1 aromatic carbocycles. The molecule has 1 atom stereocenters. The van der Waals surface area contributed by atoms with Gasteiger partial charge in [0.05, 0.1) is 11.3 Å². The van der Waals surface area contributed by atoms with Crippen molar-refractivity contribution in [3.63, 3.8) is 0 Å². The smallest absolute Gasteiger partial charge is 0.277 e. The van der Waals surface area contributed by atoms with Gasteiger partial charge in [-0.1, -0.05) is 18.7 Å². The fraction of sp³-hybridized carbons (Fsp3) is 0.333. The van der Waals surface area contributed by atoms with E-state index in [-0.39, 0.29) is 23.7 Å². The molecule has 0 spiro atoms. The van der Waals surface area contributed by atoms with E-state index in [0.717, 1.165) is 41.5 Å². The summed E-state index contributed by atoms with van der Waals surface area (Å²) in [5.74, 6) is 1.43. The highest BCUT2D eigenvalue weighted by Gasteiger charge is 2.27. The van der Waals surface area contributed by atoms with Crippen LogP contribution < -0.4 is 20.5 Å². The third-order valence-corrected chi connectivity index (χ3v) is 7.35. The molecule has 0 saturated heterocycles. The molecule has 0 unspecified atom stereocenters. The molecule has 1 aliphatic carbocycles. The number of nitrogens with zero attached hydrogens (tertiary/aromatic N) is 2. The molecule has 0 radical (unpaired) electrons. The van der Waals surface area contributed by atoms with E-state index in [1.807, 2.05) is 0 Å². The van der Waals surface area contributed by atoms with Crippen LogP contribution >= 0.6 is 23.1 Å². The Labute approximate surface area is 191 Å². The summed E-state index contributed by atoms with van der Waals surface area (Å²) >= 11 is 2.56. The van der Waals surface area contributed by atoms with E-state index in [4.69, 9.17) is 19.6 Å². The maximum absolute atomic E-state index is 12.5. The van der Waals surface area contributed by atoms with Crippen LogP contribution in [0.5, 0.6) is 11.5 Å². The second-order valence-corrected chi connectivity index (χ2v) is 9.73. The molecule has 0 fully saturated rings. The summed E-state index contributed by atoms with van der Waals surface area (Å²) in [4.78, 5) is 25.7. The van der Waals surface area contributed by atoms with Gasteiger partial charge in [0.2, 0.25) is 18.6 Å². The third-order valence-electron chi connectivity index (χ3n) is 5.36. The summed E-state index contributed by atoms with van der Waals surface area (Å²) in [6, 6.07) is 5.34. The SMILES string of the molecule is C[C@@H]1CCc2c(sc(NC(=O)CSc3nnc(-c4ccc5c(c4)OCO5)o3)c2C(N)=O)C1. The average Bonchev–Trinajstić information content (AvgIpc) is 3.49. The Morgan fingerprint density at radius 2 is 2.12 bits per heavy atom. The number of carbonyl (C=O) groups excluding carboxylic acids is 2. The Balaban J connectivity index is 1.24. The van der Waals surface area contributed by atoms with Gasteiger partial charge in [-0.25, -0.2) is 0 Å². The van der Waals surface area contributed by atoms with Gasteiger partial charge in [-0.15, -0.1) is 21.5 Å². The highest BCUT2D eigenvalue weighted by molar-refractivity contribution is 7.99. The van der Waals surface area contributed by atoms with Crippen molar-refractivity contribution in [3.8, 4) is 23.0 Å². The van der Waals surface area contributed by atoms with Gasteiger partial charge in [-0.3, -0.25) is 9.59 Å². The van der Waals surface area contributed by atoms with Gasteiger partial charge in [-0.2, -0.15) is 0 Å². The normalized spacial score (nSPS) is 16.6. The third kappa shape index (κ3) is 4.05. The molecule has 3 aromatic rings. The highest BCUT2D eigenvalue weighted by atomic mass is 32.2. The van der Waals surface area contributed by atoms with Crippen molar-refractivity contribution < 1.29 is 23.5 Å². The number of anilines is 1. The Hall–Kier alpha value is -3.05. The number of nitrogens with two attached hydrogens (primary N) is 1. The molecule has 166 valence electrons. The topological polar surface area (TPSA) is 130 Å². The van der Waals surface area contributed by atoms with E-state index in [1.54, 1.807) is 18.2 Å². The molecule has 5 rings (SSSR count). The van der Waals surface area contributed by atoms with E-state index in [2.05, 4.69) is 22.4 Å². The summed E-state index contributed by atoms with van der Waals surface area (Å²) in [6.45, 7) is 2.37. The number of ether oxygens (including phenoxy) is 2. The number of carbonyl (C=O) groups is 2. The van der Waals surface area contributed by atoms with E-state index in [1.165, 1.54) is 11.3 Å². The number of benzene rings is 1. The Morgan fingerprint density at radius 3 is 2.97 bits per heavy atom. The van der Waals surface area contributed by atoms with Crippen LogP contribution in [0.25, 0.3) is 11.5 Å². The molecule has 11 heteroatoms. The molecule has 2 amide bonds. The van der Waals surface area contributed by atoms with E-state index in [9.17, 15) is 9.59 Å². The van der Waals surface area contributed by atoms with Gasteiger partial charge in [0, 0.05) is 10.4 Å². The van der Waals surface area contributed by atoms with Crippen LogP contribution in [0.3, 0.4) is 0 Å². The van der Waals surface area contributed by atoms with Gasteiger partial charge >= 0.3 is 0 Å². The predicted molar refractivity (Wildman–Crippen MR) is 119 cm³/mol. The molecular formula is C21H20N4O5S2. The van der Waals surface area contributed by atoms with Crippen LogP contribution in [0.15, 0.2) is 27.8 Å². The summed E-state index contributed by atoms with van der Waals surface area (Å²) < 4.78 is 16.3. The summed E-state index contributed by atoms with van der Waals surface area (Å²) in [5.41, 5.74) is 7.73. The van der Waals surface area contributed by atoms with E-state index in [0.29, 0.717) is 39.4 Å². The van der Waals surface area contributed by atoms with Gasteiger partial charge in [0.1, 0.15) is 5.00 Å². The van der Waals surface area contributed by atoms with Crippen molar-refractivity contribution in [2.24, 2.45) is 11.7 Å². The molecule has 2 aromatic heterocycles. The number of amides is 2. The predicted octanol–water partition coefficient (Wildman–Crippen LogP) is 3.48. The minimum absolute atomic E-state index is 0.0555. The zero-order valence-electron chi connectivity index (χ0n) is 17.2. The monoisotopic (exact) mass is 472 g/mol. The zero-order valence-corrected chi connectivity index (χ0v) is 18.8. The maximum Gasteiger partial charge on any atom is 0.277 e. The largest absolute Gasteiger partial charge is 0.454 e. The van der Waals surface area contributed by atoms with Crippen molar-refractivity contribution in [3.05, 3.63) is 34.2 Å². The first-order chi connectivity index (χ1) is 15.5. The molecule has 0 saturated carbocycles. The average molecular weight is 473 g/mol. The molecular weight excluding hydrogens is 452 g/mol. The Morgan fingerprint density at radius 1 is 1.28 bits per heavy atom. The number of hydrogen-bond acceptors (Lipinski definition) is 9. The number of nitrogens with one attached hydrogen (secondary N) is 1. The fourth-order valence-corrected chi connectivity index (χ4v) is 5.80. The van der Waals surface area contributed by atoms with Gasteiger partial charge in [-0.05, 0) is 48.9 Å². The zero-order chi connectivity index (χ0) is 22.2. The summed E-state index contributed by atoms with van der Waals surface area (Å²) in [5, 5.41) is 11.7. The van der Waals surface area contributed by atoms with Crippen molar-refractivity contribution in [1.82, 2.24) is 10.2 Å². The fourth-order valence-electron chi connectivity index (χ4n) is 3.80. The number of thioether (sulfide) groups is 1. The number of primary amides is 1. The Bertz CT molecular complexity index is 1210. The van der Waals surface area contributed by atoms with E-state index < -0.39 is 5.91 Å². The molecule has 0 bridgehead atoms. The second-order valence-electron chi connectivity index (χ2n) is 7.70. The minimum atomic E-state index is -0.509. The van der Waals surface area contributed by atoms with Crippen molar-refractivity contribution in [2.75, 3.05) is 17.9 Å². The molecule has 3 heterocycles. The first kappa shape index (κ1) is 20.8. The van der Waals surface area contributed by atoms with Crippen molar-refractivity contribution in [2.45, 2.75) is 31.4 Å². The molecule has 3 N–H and O–H groups in total. The van der Waals surface area contributed by atoms with Gasteiger partial charge < -0.3 is 24.9 Å². The van der Waals surface area contributed by atoms with Crippen LogP contribution in [0.2, 0.25) is 0 Å². The number of rotatable bonds is 6. The number of thiophene rings is 1. The lowest BCUT2D eigenvalue weighted by atomic mass is 9.88. The van der Waals surface area contributed by atoms with E-state index >= 15 is 0 Å². The van der Waals surface area contributed by atoms with Gasteiger partial charge in [0.15, 0.2) is 11.5 Å². The quantitative estimate of drug-likeness (QED) is 0.522. The van der Waals surface area contributed by atoms with Crippen LogP contribution in [-0.4, -0.2) is 34.6 Å². The lowest BCUT2D eigenvalue weighted by Crippen LogP contribution is -2.20. The highest BCUT2D eigenvalue weighted by Crippen LogP contribution is 2.40. The molecule has 1 aliphatic heterocycles. The Kier molecular flexibility index (Phi) is 5.51. The first-order valence-corrected chi connectivity index (χ1v) is 11.9. The summed E-state index contributed by atoms with van der Waals surface area (Å²) in [7, 11) is 0. The number of aromatic nitrogens is 2.